The lowest BCUT2D eigenvalue weighted by molar-refractivity contribution is -0.163. The van der Waals surface area contributed by atoms with Gasteiger partial charge in [-0.1, -0.05) is 18.2 Å². The molecule has 1 unspecified atom stereocenters. The molecule has 0 radical (unpaired) electrons. The number of aryl methyl sites for hydroxylation is 1. The quantitative estimate of drug-likeness (QED) is 0.837. The average molecular weight is 352 g/mol. The lowest BCUT2D eigenvalue weighted by atomic mass is 9.77. The number of carbonyl (C=O) groups excluding carboxylic acids is 2. The van der Waals surface area contributed by atoms with E-state index in [1.807, 2.05) is 19.1 Å². The molecule has 2 aliphatic rings. The fourth-order valence-corrected chi connectivity index (χ4v) is 3.74. The van der Waals surface area contributed by atoms with Crippen LogP contribution in [-0.4, -0.2) is 60.8 Å². The molecule has 0 N–H and O–H groups in total. The summed E-state index contributed by atoms with van der Waals surface area (Å²) in [7, 11) is 1.61. The standard InChI is InChI=1S/C18H22F2N2O3/c1-13-5-3-4-6-14(13)25-9-15(23)22-11-17(10-18(19,20)12-22)7-8-21(2)16(17)24/h3-6H,7-12H2,1-2H3. The van der Waals surface area contributed by atoms with Gasteiger partial charge in [0.05, 0.1) is 12.0 Å². The molecule has 136 valence electrons. The Hall–Kier alpha value is -2.18. The highest BCUT2D eigenvalue weighted by Gasteiger charge is 2.57. The van der Waals surface area contributed by atoms with Crippen LogP contribution in [0.2, 0.25) is 0 Å². The SMILES string of the molecule is Cc1ccccc1OCC(=O)N1CC(F)(F)CC2(CCN(C)C2=O)C1. The number of amides is 2. The number of hydrogen-bond acceptors (Lipinski definition) is 3. The summed E-state index contributed by atoms with van der Waals surface area (Å²) in [6.45, 7) is 1.33. The van der Waals surface area contributed by atoms with Gasteiger partial charge in [0.25, 0.3) is 11.8 Å². The van der Waals surface area contributed by atoms with Crippen LogP contribution in [-0.2, 0) is 9.59 Å². The van der Waals surface area contributed by atoms with Gasteiger partial charge in [-0.05, 0) is 25.0 Å². The summed E-state index contributed by atoms with van der Waals surface area (Å²) < 4.78 is 34.0. The molecule has 2 aliphatic heterocycles. The highest BCUT2D eigenvalue weighted by molar-refractivity contribution is 5.86. The van der Waals surface area contributed by atoms with Crippen molar-refractivity contribution in [3.05, 3.63) is 29.8 Å². The number of likely N-dealkylation sites (tertiary alicyclic amines) is 2. The Morgan fingerprint density at radius 3 is 2.64 bits per heavy atom. The predicted molar refractivity (Wildman–Crippen MR) is 87.5 cm³/mol. The minimum atomic E-state index is -3.07. The molecule has 7 heteroatoms. The predicted octanol–water partition coefficient (Wildman–Crippen LogP) is 2.09. The topological polar surface area (TPSA) is 49.9 Å². The number of para-hydroxylation sites is 1. The largest absolute Gasteiger partial charge is 0.484 e. The number of ether oxygens (including phenoxy) is 1. The molecule has 0 aliphatic carbocycles. The molecule has 2 heterocycles. The maximum Gasteiger partial charge on any atom is 0.266 e. The molecule has 1 aromatic rings. The minimum absolute atomic E-state index is 0.0295. The summed E-state index contributed by atoms with van der Waals surface area (Å²) in [5, 5.41) is 0. The lowest BCUT2D eigenvalue weighted by Gasteiger charge is -2.42. The molecule has 5 nitrogen and oxygen atoms in total. The summed E-state index contributed by atoms with van der Waals surface area (Å²) in [6.07, 6.45) is -0.147. The number of hydrogen-bond donors (Lipinski definition) is 0. The summed E-state index contributed by atoms with van der Waals surface area (Å²) >= 11 is 0. The van der Waals surface area contributed by atoms with Crippen LogP contribution < -0.4 is 4.74 Å². The van der Waals surface area contributed by atoms with Gasteiger partial charge in [-0.25, -0.2) is 8.78 Å². The lowest BCUT2D eigenvalue weighted by Crippen LogP contribution is -2.57. The molecule has 1 spiro atoms. The molecule has 0 bridgehead atoms. The fraction of sp³-hybridized carbons (Fsp3) is 0.556. The van der Waals surface area contributed by atoms with Crippen LogP contribution in [0.25, 0.3) is 0 Å². The van der Waals surface area contributed by atoms with Gasteiger partial charge in [-0.15, -0.1) is 0 Å². The van der Waals surface area contributed by atoms with Crippen molar-refractivity contribution in [1.82, 2.24) is 9.80 Å². The number of benzene rings is 1. The van der Waals surface area contributed by atoms with E-state index in [0.717, 1.165) is 10.5 Å². The molecular weight excluding hydrogens is 330 g/mol. The first-order valence-corrected chi connectivity index (χ1v) is 8.32. The second-order valence-corrected chi connectivity index (χ2v) is 7.09. The van der Waals surface area contributed by atoms with Crippen LogP contribution in [0.1, 0.15) is 18.4 Å². The zero-order valence-electron chi connectivity index (χ0n) is 14.4. The monoisotopic (exact) mass is 352 g/mol. The zero-order chi connectivity index (χ0) is 18.2. The Labute approximate surface area is 145 Å². The van der Waals surface area contributed by atoms with Crippen LogP contribution in [0.3, 0.4) is 0 Å². The van der Waals surface area contributed by atoms with E-state index in [2.05, 4.69) is 0 Å². The molecule has 1 aromatic carbocycles. The van der Waals surface area contributed by atoms with Gasteiger partial charge in [0.1, 0.15) is 5.75 Å². The first-order chi connectivity index (χ1) is 11.7. The normalized spacial score (nSPS) is 25.5. The van der Waals surface area contributed by atoms with Crippen LogP contribution >= 0.6 is 0 Å². The number of alkyl halides is 2. The van der Waals surface area contributed by atoms with Crippen molar-refractivity contribution in [2.75, 3.05) is 33.3 Å². The Balaban J connectivity index is 1.71. The van der Waals surface area contributed by atoms with E-state index in [0.29, 0.717) is 18.7 Å². The molecule has 2 amide bonds. The highest BCUT2D eigenvalue weighted by Crippen LogP contribution is 2.45. The van der Waals surface area contributed by atoms with E-state index in [9.17, 15) is 18.4 Å². The van der Waals surface area contributed by atoms with Crippen molar-refractivity contribution in [2.24, 2.45) is 5.41 Å². The third-order valence-corrected chi connectivity index (χ3v) is 5.04. The summed E-state index contributed by atoms with van der Waals surface area (Å²) in [4.78, 5) is 27.4. The summed E-state index contributed by atoms with van der Waals surface area (Å²) in [6, 6.07) is 7.20. The van der Waals surface area contributed by atoms with E-state index >= 15 is 0 Å². The van der Waals surface area contributed by atoms with Crippen molar-refractivity contribution < 1.29 is 23.1 Å². The van der Waals surface area contributed by atoms with Gasteiger partial charge in [-0.2, -0.15) is 0 Å². The number of carbonyl (C=O) groups is 2. The molecule has 0 saturated carbocycles. The van der Waals surface area contributed by atoms with E-state index in [1.165, 1.54) is 4.90 Å². The molecule has 2 saturated heterocycles. The summed E-state index contributed by atoms with van der Waals surface area (Å²) in [5.41, 5.74) is -0.308. The molecule has 2 fully saturated rings. The van der Waals surface area contributed by atoms with Gasteiger partial charge in [0.15, 0.2) is 6.61 Å². The van der Waals surface area contributed by atoms with E-state index in [4.69, 9.17) is 4.74 Å². The molecule has 3 rings (SSSR count). The van der Waals surface area contributed by atoms with Gasteiger partial charge >= 0.3 is 0 Å². The van der Waals surface area contributed by atoms with Crippen molar-refractivity contribution in [2.45, 2.75) is 25.7 Å². The van der Waals surface area contributed by atoms with Crippen LogP contribution in [0.5, 0.6) is 5.75 Å². The van der Waals surface area contributed by atoms with Crippen molar-refractivity contribution in [3.63, 3.8) is 0 Å². The Morgan fingerprint density at radius 1 is 1.28 bits per heavy atom. The van der Waals surface area contributed by atoms with Gasteiger partial charge < -0.3 is 14.5 Å². The first-order valence-electron chi connectivity index (χ1n) is 8.32. The van der Waals surface area contributed by atoms with Crippen molar-refractivity contribution >= 4 is 11.8 Å². The minimum Gasteiger partial charge on any atom is -0.484 e. The smallest absolute Gasteiger partial charge is 0.266 e. The molecule has 25 heavy (non-hydrogen) atoms. The Morgan fingerprint density at radius 2 is 2.00 bits per heavy atom. The average Bonchev–Trinajstić information content (AvgIpc) is 2.80. The van der Waals surface area contributed by atoms with Crippen molar-refractivity contribution in [1.29, 1.82) is 0 Å². The number of halogens is 2. The van der Waals surface area contributed by atoms with E-state index in [1.54, 1.807) is 19.2 Å². The molecule has 1 atom stereocenters. The number of nitrogens with zero attached hydrogens (tertiary/aromatic N) is 2. The zero-order valence-corrected chi connectivity index (χ0v) is 14.4. The van der Waals surface area contributed by atoms with Crippen LogP contribution in [0.15, 0.2) is 24.3 Å². The Kier molecular flexibility index (Phi) is 4.43. The Bertz CT molecular complexity index is 695. The van der Waals surface area contributed by atoms with Gasteiger partial charge in [0.2, 0.25) is 5.91 Å². The fourth-order valence-electron chi connectivity index (χ4n) is 3.74. The maximum absolute atomic E-state index is 14.2. The van der Waals surface area contributed by atoms with Crippen LogP contribution in [0.4, 0.5) is 8.78 Å². The number of rotatable bonds is 3. The highest BCUT2D eigenvalue weighted by atomic mass is 19.3. The second-order valence-electron chi connectivity index (χ2n) is 7.09. The maximum atomic E-state index is 14.2. The summed E-state index contributed by atoms with van der Waals surface area (Å²) in [5.74, 6) is -3.35. The molecular formula is C18H22F2N2O3. The third-order valence-electron chi connectivity index (χ3n) is 5.04. The number of piperidine rings is 1. The van der Waals surface area contributed by atoms with Gasteiger partial charge in [-0.3, -0.25) is 9.59 Å². The third kappa shape index (κ3) is 3.45. The van der Waals surface area contributed by atoms with Crippen LogP contribution in [0, 0.1) is 12.3 Å². The van der Waals surface area contributed by atoms with Gasteiger partial charge in [0, 0.05) is 26.6 Å². The van der Waals surface area contributed by atoms with Crippen molar-refractivity contribution in [3.8, 4) is 5.75 Å². The first kappa shape index (κ1) is 17.6. The van der Waals surface area contributed by atoms with E-state index in [-0.39, 0.29) is 19.1 Å². The van der Waals surface area contributed by atoms with E-state index < -0.39 is 30.2 Å². The molecule has 0 aromatic heterocycles. The second kappa shape index (κ2) is 6.28.